The van der Waals surface area contributed by atoms with E-state index in [-0.39, 0.29) is 29.8 Å². The minimum Gasteiger partial charge on any atom is -0.485 e. The molecule has 2 fully saturated rings. The smallest absolute Gasteiger partial charge is 0.252 e. The lowest BCUT2D eigenvalue weighted by Crippen LogP contribution is -2.22. The number of Topliss-reactive ketones (excluding diaryl/α,β-unsaturated/α-hetero) is 1. The second kappa shape index (κ2) is 9.97. The molecule has 3 aromatic carbocycles. The summed E-state index contributed by atoms with van der Waals surface area (Å²) >= 11 is 6.11. The van der Waals surface area contributed by atoms with E-state index in [1.54, 1.807) is 24.3 Å². The van der Waals surface area contributed by atoms with E-state index >= 15 is 0 Å². The van der Waals surface area contributed by atoms with Gasteiger partial charge in [0.25, 0.3) is 5.91 Å². The first-order valence-electron chi connectivity index (χ1n) is 13.3. The number of rotatable bonds is 9. The third-order valence-electron chi connectivity index (χ3n) is 7.54. The molecule has 0 spiro atoms. The number of hydrogen-bond donors (Lipinski definition) is 1. The van der Waals surface area contributed by atoms with Gasteiger partial charge >= 0.3 is 0 Å². The number of amides is 1. The van der Waals surface area contributed by atoms with E-state index in [0.717, 1.165) is 28.1 Å². The summed E-state index contributed by atoms with van der Waals surface area (Å²) in [6, 6.07) is 15.1. The zero-order valence-electron chi connectivity index (χ0n) is 22.0. The molecule has 1 atom stereocenters. The van der Waals surface area contributed by atoms with Crippen molar-refractivity contribution in [1.82, 2.24) is 4.57 Å². The highest BCUT2D eigenvalue weighted by atomic mass is 35.5. The Hall–Kier alpha value is -3.39. The quantitative estimate of drug-likeness (QED) is 0.251. The van der Waals surface area contributed by atoms with Gasteiger partial charge in [-0.05, 0) is 85.7 Å². The molecule has 8 heteroatoms. The molecule has 202 valence electrons. The fraction of sp³-hybridized carbons (Fsp3) is 0.355. The summed E-state index contributed by atoms with van der Waals surface area (Å²) < 4.78 is 19.8. The zero-order chi connectivity index (χ0) is 27.3. The van der Waals surface area contributed by atoms with Crippen LogP contribution in [0.4, 0.5) is 0 Å². The summed E-state index contributed by atoms with van der Waals surface area (Å²) in [4.78, 5) is 25.7. The van der Waals surface area contributed by atoms with Crippen LogP contribution in [0, 0.1) is 0 Å². The van der Waals surface area contributed by atoms with Gasteiger partial charge in [-0.2, -0.15) is 0 Å². The minimum atomic E-state index is -0.634. The molecule has 2 N–H and O–H groups in total. The third-order valence-corrected chi connectivity index (χ3v) is 7.77. The molecule has 1 aromatic heterocycles. The molecule has 1 amide bonds. The number of ketones is 1. The van der Waals surface area contributed by atoms with E-state index in [2.05, 4.69) is 16.7 Å². The maximum absolute atomic E-state index is 13.5. The normalized spacial score (nSPS) is 18.6. The number of carbonyl (C=O) groups is 2. The Kier molecular flexibility index (Phi) is 6.61. The van der Waals surface area contributed by atoms with Crippen molar-refractivity contribution in [2.45, 2.75) is 57.5 Å². The van der Waals surface area contributed by atoms with Crippen molar-refractivity contribution in [3.63, 3.8) is 0 Å². The standard InChI is InChI=1S/C31H31ClN2O5/c1-31(2)38-16-23(39-31)9-10-34-15-26(24-8-6-19(13-27(24)34)18-3-4-18)28(35)17-37-29-14-20-5-7-22(32)11-21(20)12-25(29)30(33)36/h5-8,11-15,18,23H,3-4,9-10,16-17H2,1-2H3,(H2,33,36). The Bertz CT molecular complexity index is 1600. The second-order valence-electron chi connectivity index (χ2n) is 10.9. The first kappa shape index (κ1) is 25.9. The van der Waals surface area contributed by atoms with E-state index < -0.39 is 11.7 Å². The van der Waals surface area contributed by atoms with Crippen LogP contribution in [0.5, 0.6) is 5.75 Å². The van der Waals surface area contributed by atoms with Gasteiger partial charge in [-0.25, -0.2) is 0 Å². The third kappa shape index (κ3) is 5.39. The number of benzene rings is 3. The molecule has 0 radical (unpaired) electrons. The summed E-state index contributed by atoms with van der Waals surface area (Å²) in [5, 5.41) is 3.04. The molecule has 1 aliphatic carbocycles. The van der Waals surface area contributed by atoms with Gasteiger partial charge < -0.3 is 24.5 Å². The number of nitrogens with zero attached hydrogens (tertiary/aromatic N) is 1. The number of aryl methyl sites for hydroxylation is 1. The summed E-state index contributed by atoms with van der Waals surface area (Å²) in [6.07, 6.45) is 5.09. The molecule has 1 aliphatic heterocycles. The molecule has 2 heterocycles. The number of ether oxygens (including phenoxy) is 3. The van der Waals surface area contributed by atoms with Crippen LogP contribution in [0.25, 0.3) is 21.7 Å². The first-order valence-corrected chi connectivity index (χ1v) is 13.7. The van der Waals surface area contributed by atoms with Gasteiger partial charge in [0.15, 0.2) is 12.4 Å². The first-order chi connectivity index (χ1) is 18.7. The van der Waals surface area contributed by atoms with Crippen molar-refractivity contribution >= 4 is 45.0 Å². The Morgan fingerprint density at radius 2 is 1.90 bits per heavy atom. The monoisotopic (exact) mass is 546 g/mol. The average molecular weight is 547 g/mol. The summed E-state index contributed by atoms with van der Waals surface area (Å²) in [5.41, 5.74) is 8.75. The van der Waals surface area contributed by atoms with Crippen LogP contribution in [-0.2, 0) is 16.0 Å². The van der Waals surface area contributed by atoms with Crippen molar-refractivity contribution in [1.29, 1.82) is 0 Å². The van der Waals surface area contributed by atoms with Crippen LogP contribution < -0.4 is 10.5 Å². The van der Waals surface area contributed by atoms with Gasteiger partial charge in [-0.1, -0.05) is 29.8 Å². The molecule has 1 saturated carbocycles. The van der Waals surface area contributed by atoms with Crippen molar-refractivity contribution < 1.29 is 23.8 Å². The van der Waals surface area contributed by atoms with Crippen LogP contribution >= 0.6 is 11.6 Å². The van der Waals surface area contributed by atoms with E-state index in [1.807, 2.05) is 32.2 Å². The Labute approximate surface area is 231 Å². The van der Waals surface area contributed by atoms with Gasteiger partial charge in [0, 0.05) is 34.2 Å². The van der Waals surface area contributed by atoms with Crippen LogP contribution in [0.3, 0.4) is 0 Å². The molecule has 1 saturated heterocycles. The fourth-order valence-electron chi connectivity index (χ4n) is 5.36. The Morgan fingerprint density at radius 3 is 2.62 bits per heavy atom. The van der Waals surface area contributed by atoms with E-state index in [0.29, 0.717) is 29.7 Å². The maximum Gasteiger partial charge on any atom is 0.252 e. The highest BCUT2D eigenvalue weighted by Crippen LogP contribution is 2.41. The summed E-state index contributed by atoms with van der Waals surface area (Å²) in [5.74, 6) is -0.509. The van der Waals surface area contributed by atoms with Crippen LogP contribution in [0.2, 0.25) is 5.02 Å². The molecular formula is C31H31ClN2O5. The zero-order valence-corrected chi connectivity index (χ0v) is 22.8. The molecule has 2 aliphatic rings. The molecule has 6 rings (SSSR count). The van der Waals surface area contributed by atoms with E-state index in [4.69, 9.17) is 31.5 Å². The number of primary amides is 1. The van der Waals surface area contributed by atoms with E-state index in [9.17, 15) is 9.59 Å². The van der Waals surface area contributed by atoms with Crippen LogP contribution in [-0.4, -0.2) is 41.4 Å². The number of aromatic nitrogens is 1. The predicted molar refractivity (Wildman–Crippen MR) is 151 cm³/mol. The SMILES string of the molecule is CC1(C)OCC(CCn2cc(C(=O)COc3cc4ccc(Cl)cc4cc3C(N)=O)c3ccc(C4CC4)cc32)O1. The van der Waals surface area contributed by atoms with Gasteiger partial charge in [0.05, 0.1) is 18.3 Å². The highest BCUT2D eigenvalue weighted by molar-refractivity contribution is 6.31. The number of hydrogen-bond acceptors (Lipinski definition) is 5. The molecule has 1 unspecified atom stereocenters. The Balaban J connectivity index is 1.26. The lowest BCUT2D eigenvalue weighted by Gasteiger charge is -2.17. The summed E-state index contributed by atoms with van der Waals surface area (Å²) in [6.45, 7) is 4.87. The fourth-order valence-corrected chi connectivity index (χ4v) is 5.54. The maximum atomic E-state index is 13.5. The lowest BCUT2D eigenvalue weighted by atomic mass is 10.0. The molecule has 39 heavy (non-hydrogen) atoms. The molecule has 0 bridgehead atoms. The van der Waals surface area contributed by atoms with Gasteiger partial charge in [-0.15, -0.1) is 0 Å². The summed E-state index contributed by atoms with van der Waals surface area (Å²) in [7, 11) is 0. The van der Waals surface area contributed by atoms with Gasteiger partial charge in [-0.3, -0.25) is 9.59 Å². The van der Waals surface area contributed by atoms with Crippen molar-refractivity contribution in [3.8, 4) is 5.75 Å². The highest BCUT2D eigenvalue weighted by Gasteiger charge is 2.32. The average Bonchev–Trinajstić information content (AvgIpc) is 3.61. The van der Waals surface area contributed by atoms with Crippen molar-refractivity contribution in [2.75, 3.05) is 13.2 Å². The van der Waals surface area contributed by atoms with Crippen molar-refractivity contribution in [2.24, 2.45) is 5.73 Å². The number of carbonyl (C=O) groups excluding carboxylic acids is 2. The molecular weight excluding hydrogens is 516 g/mol. The number of nitrogens with two attached hydrogens (primary N) is 1. The van der Waals surface area contributed by atoms with Gasteiger partial charge in [0.1, 0.15) is 5.75 Å². The number of halogens is 1. The predicted octanol–water partition coefficient (Wildman–Crippen LogP) is 6.23. The number of fused-ring (bicyclic) bond motifs is 2. The second-order valence-corrected chi connectivity index (χ2v) is 11.4. The largest absolute Gasteiger partial charge is 0.485 e. The van der Waals surface area contributed by atoms with Gasteiger partial charge in [0.2, 0.25) is 5.78 Å². The Morgan fingerprint density at radius 1 is 1.08 bits per heavy atom. The van der Waals surface area contributed by atoms with E-state index in [1.165, 1.54) is 18.4 Å². The molecule has 7 nitrogen and oxygen atoms in total. The van der Waals surface area contributed by atoms with Crippen molar-refractivity contribution in [3.05, 3.63) is 76.4 Å². The van der Waals surface area contributed by atoms with Crippen LogP contribution in [0.1, 0.15) is 65.3 Å². The van der Waals surface area contributed by atoms with Crippen LogP contribution in [0.15, 0.2) is 54.7 Å². The molecule has 4 aromatic rings. The topological polar surface area (TPSA) is 92.8 Å². The lowest BCUT2D eigenvalue weighted by molar-refractivity contribution is -0.139. The minimum absolute atomic E-state index is 0.00144.